The number of aromatic hydroxyl groups is 2. The van der Waals surface area contributed by atoms with Crippen LogP contribution >= 0.6 is 33.2 Å². The molecule has 4 aromatic rings. The molecular formula is C55H68ClN11O12S2. The van der Waals surface area contributed by atoms with Crippen molar-refractivity contribution in [3.63, 3.8) is 0 Å². The van der Waals surface area contributed by atoms with Gasteiger partial charge in [0.05, 0.1) is 18.2 Å². The fourth-order valence-electron chi connectivity index (χ4n) is 7.80. The number of nitrogens with two attached hydrogens (primary N) is 3. The van der Waals surface area contributed by atoms with Crippen molar-refractivity contribution in [3.05, 3.63) is 130 Å². The minimum absolute atomic E-state index is 0.0130. The van der Waals surface area contributed by atoms with Gasteiger partial charge in [0.2, 0.25) is 41.4 Å². The van der Waals surface area contributed by atoms with Crippen LogP contribution in [0.5, 0.6) is 11.5 Å². The number of hydrogen-bond donors (Lipinski definition) is 13. The standard InChI is InChI=1S/C55H68ClN11O12S2/c1-31(69)45(28-68)66-51(75)41(5-3-4-22-57)62-52(76)43(25-33-6-14-36(15-7-33)48(72)27-58)64-53(77)44(26-35-12-20-39(71)21-13-35)65-55(79)47(67-50(74)40(59)23-32-8-16-37(56)17-9-32)30-81-80-29-46(61-2)54(78)63-42(49(60)73)24-34-10-18-38(70)19-11-34/h6-21,28,31,40-47,61,69-71H,3-5,22-26,29-30,57,59H2,1-2H3,(H2,60,73)(H,62,76)(H,63,78)(H,64,77)(H,65,79)(H,66,75)(H,67,74)/t31?,40-,41-,42+,43+,44-,45?,46-,47+/m0/s1. The lowest BCUT2D eigenvalue weighted by atomic mass is 10.00. The van der Waals surface area contributed by atoms with Crippen LogP contribution in [0, 0.1) is 11.3 Å². The van der Waals surface area contributed by atoms with Crippen LogP contribution in [0.3, 0.4) is 0 Å². The fraction of sp³-hybridized carbons (Fsp3) is 0.382. The molecule has 0 saturated heterocycles. The molecule has 16 N–H and O–H groups in total. The number of hydrogen-bond acceptors (Lipinski definition) is 18. The van der Waals surface area contributed by atoms with E-state index < -0.39 is 102 Å². The maximum Gasteiger partial charge on any atom is 0.262 e. The molecule has 0 bridgehead atoms. The SMILES string of the molecule is CN[C@@H](CSSC[C@@H](NC(=O)[C@@H](N)Cc1ccc(Cl)cc1)C(=O)N[C@@H](Cc1ccc(O)cc1)C(=O)N[C@H](Cc1ccc(C(=O)C#N)cc1)C(=O)N[C@@H](CCCCN)C(=O)NC(C=O)C(C)O)C(=O)N[C@H](Cc1ccc(O)cc1)C(N)=O. The van der Waals surface area contributed by atoms with Gasteiger partial charge >= 0.3 is 0 Å². The topological polar surface area (TPSA) is 400 Å². The first-order chi connectivity index (χ1) is 38.6. The second-order valence-electron chi connectivity index (χ2n) is 18.8. The van der Waals surface area contributed by atoms with Crippen molar-refractivity contribution < 1.29 is 58.5 Å². The highest BCUT2D eigenvalue weighted by Gasteiger charge is 2.34. The van der Waals surface area contributed by atoms with Crippen LogP contribution in [0.25, 0.3) is 0 Å². The van der Waals surface area contributed by atoms with E-state index >= 15 is 0 Å². The monoisotopic (exact) mass is 1170 g/mol. The fourth-order valence-corrected chi connectivity index (χ4v) is 10.3. The number of phenolic OH excluding ortho intramolecular Hbond substituents is 2. The van der Waals surface area contributed by atoms with E-state index in [-0.39, 0.29) is 67.2 Å². The van der Waals surface area contributed by atoms with Crippen molar-refractivity contribution in [2.24, 2.45) is 17.2 Å². The smallest absolute Gasteiger partial charge is 0.262 e. The van der Waals surface area contributed by atoms with Gasteiger partial charge in [0.15, 0.2) is 0 Å². The molecule has 2 unspecified atom stereocenters. The summed E-state index contributed by atoms with van der Waals surface area (Å²) in [5.41, 5.74) is 19.9. The van der Waals surface area contributed by atoms with Crippen LogP contribution in [0.15, 0.2) is 97.1 Å². The van der Waals surface area contributed by atoms with E-state index in [0.29, 0.717) is 46.4 Å². The van der Waals surface area contributed by atoms with E-state index in [1.54, 1.807) is 36.4 Å². The molecule has 0 fully saturated rings. The maximum atomic E-state index is 14.8. The number of nitriles is 1. The van der Waals surface area contributed by atoms with Crippen LogP contribution in [-0.2, 0) is 64.0 Å². The minimum Gasteiger partial charge on any atom is -0.508 e. The van der Waals surface area contributed by atoms with Gasteiger partial charge in [-0.25, -0.2) is 0 Å². The van der Waals surface area contributed by atoms with E-state index in [4.69, 9.17) is 28.8 Å². The Morgan fingerprint density at radius 1 is 0.593 bits per heavy atom. The number of primary amides is 1. The molecule has 4 aromatic carbocycles. The molecule has 0 aliphatic carbocycles. The highest BCUT2D eigenvalue weighted by Crippen LogP contribution is 2.24. The normalized spacial score (nSPS) is 14.3. The molecule has 9 atom stereocenters. The number of aliphatic hydroxyl groups excluding tert-OH is 1. The largest absolute Gasteiger partial charge is 0.508 e. The number of aliphatic hydroxyl groups is 1. The molecule has 26 heteroatoms. The van der Waals surface area contributed by atoms with Crippen molar-refractivity contribution in [1.29, 1.82) is 5.26 Å². The van der Waals surface area contributed by atoms with Gasteiger partial charge in [0.1, 0.15) is 60.1 Å². The molecule has 0 saturated carbocycles. The van der Waals surface area contributed by atoms with Gasteiger partial charge in [-0.2, -0.15) is 5.26 Å². The van der Waals surface area contributed by atoms with Crippen molar-refractivity contribution in [1.82, 2.24) is 37.2 Å². The molecule has 0 heterocycles. The third-order valence-corrected chi connectivity index (χ3v) is 15.2. The molecule has 434 valence electrons. The van der Waals surface area contributed by atoms with Gasteiger partial charge in [0, 0.05) is 41.4 Å². The first kappa shape index (κ1) is 65.9. The predicted octanol–water partition coefficient (Wildman–Crippen LogP) is 0.128. The average molecular weight is 1170 g/mol. The van der Waals surface area contributed by atoms with Crippen LogP contribution in [0.1, 0.15) is 58.8 Å². The van der Waals surface area contributed by atoms with Crippen LogP contribution in [-0.4, -0.2) is 148 Å². The summed E-state index contributed by atoms with van der Waals surface area (Å²) in [5.74, 6) is -6.66. The minimum atomic E-state index is -1.52. The molecule has 7 amide bonds. The van der Waals surface area contributed by atoms with E-state index in [1.807, 2.05) is 0 Å². The number of carbonyl (C=O) groups is 9. The molecule has 0 aliphatic rings. The van der Waals surface area contributed by atoms with Crippen molar-refractivity contribution in [2.75, 3.05) is 25.1 Å². The lowest BCUT2D eigenvalue weighted by Crippen LogP contribution is -2.60. The first-order valence-electron chi connectivity index (χ1n) is 25.6. The number of phenols is 2. The number of Topliss-reactive ketones (excluding diaryl/α,β-unsaturated/α-hetero) is 1. The van der Waals surface area contributed by atoms with E-state index in [0.717, 1.165) is 21.6 Å². The number of likely N-dealkylation sites (N-methyl/N-ethyl adjacent to an activating group) is 1. The summed E-state index contributed by atoms with van der Waals surface area (Å²) >= 11 is 6.07. The molecule has 81 heavy (non-hydrogen) atoms. The number of benzene rings is 4. The highest BCUT2D eigenvalue weighted by atomic mass is 35.5. The lowest BCUT2D eigenvalue weighted by molar-refractivity contribution is -0.135. The second kappa shape index (κ2) is 33.9. The molecule has 0 radical (unpaired) electrons. The number of carbonyl (C=O) groups excluding carboxylic acids is 9. The molecule has 23 nitrogen and oxygen atoms in total. The number of amides is 7. The number of aldehydes is 1. The molecule has 4 rings (SSSR count). The number of rotatable bonds is 34. The van der Waals surface area contributed by atoms with E-state index in [1.165, 1.54) is 80.7 Å². The van der Waals surface area contributed by atoms with Gasteiger partial charge in [-0.05, 0) is 105 Å². The third-order valence-electron chi connectivity index (χ3n) is 12.5. The third kappa shape index (κ3) is 22.5. The Labute approximate surface area is 481 Å². The lowest BCUT2D eigenvalue weighted by Gasteiger charge is -2.27. The van der Waals surface area contributed by atoms with Gasteiger partial charge in [-0.1, -0.05) is 93.9 Å². The molecule has 0 aromatic heterocycles. The number of nitrogens with zero attached hydrogens (tertiary/aromatic N) is 1. The summed E-state index contributed by atoms with van der Waals surface area (Å²) in [5, 5.41) is 58.2. The second-order valence-corrected chi connectivity index (χ2v) is 21.8. The highest BCUT2D eigenvalue weighted by molar-refractivity contribution is 8.76. The van der Waals surface area contributed by atoms with Crippen LogP contribution < -0.4 is 54.4 Å². The quantitative estimate of drug-likeness (QED) is 0.00972. The molecular weight excluding hydrogens is 1110 g/mol. The van der Waals surface area contributed by atoms with Crippen LogP contribution in [0.2, 0.25) is 5.02 Å². The van der Waals surface area contributed by atoms with Gasteiger partial charge in [-0.3, -0.25) is 38.4 Å². The van der Waals surface area contributed by atoms with Crippen molar-refractivity contribution in [2.45, 2.75) is 106 Å². The van der Waals surface area contributed by atoms with Gasteiger partial charge in [0.25, 0.3) is 5.78 Å². The Balaban J connectivity index is 1.66. The summed E-state index contributed by atoms with van der Waals surface area (Å²) in [6, 6.07) is 15.2. The summed E-state index contributed by atoms with van der Waals surface area (Å²) in [6.45, 7) is 1.54. The molecule has 0 aliphatic heterocycles. The summed E-state index contributed by atoms with van der Waals surface area (Å²) < 4.78 is 0. The van der Waals surface area contributed by atoms with Crippen LogP contribution in [0.4, 0.5) is 0 Å². The first-order valence-corrected chi connectivity index (χ1v) is 28.5. The molecule has 0 spiro atoms. The number of nitrogens with one attached hydrogen (secondary N) is 7. The van der Waals surface area contributed by atoms with Gasteiger partial charge < -0.3 is 74.5 Å². The predicted molar refractivity (Wildman–Crippen MR) is 306 cm³/mol. The van der Waals surface area contributed by atoms with E-state index in [2.05, 4.69) is 37.2 Å². The Kier molecular flexibility index (Phi) is 27.6. The van der Waals surface area contributed by atoms with Gasteiger partial charge in [-0.15, -0.1) is 0 Å². The zero-order chi connectivity index (χ0) is 59.6. The zero-order valence-electron chi connectivity index (χ0n) is 44.5. The summed E-state index contributed by atoms with van der Waals surface area (Å²) in [4.78, 5) is 121. The summed E-state index contributed by atoms with van der Waals surface area (Å²) in [6.07, 6.45) is -0.571. The number of halogens is 1. The Morgan fingerprint density at radius 3 is 1.47 bits per heavy atom. The zero-order valence-corrected chi connectivity index (χ0v) is 46.9. The number of unbranched alkanes of at least 4 members (excludes halogenated alkanes) is 1. The Morgan fingerprint density at radius 2 is 1.00 bits per heavy atom. The van der Waals surface area contributed by atoms with E-state index in [9.17, 15) is 63.7 Å². The Bertz CT molecular complexity index is 2810. The Hall–Kier alpha value is -7.57. The maximum absolute atomic E-state index is 14.8. The van der Waals surface area contributed by atoms with Crippen molar-refractivity contribution >= 4 is 86.6 Å². The summed E-state index contributed by atoms with van der Waals surface area (Å²) in [7, 11) is 3.74. The van der Waals surface area contributed by atoms with Crippen molar-refractivity contribution in [3.8, 4) is 17.6 Å². The average Bonchev–Trinajstić information content (AvgIpc) is 3.44. The number of ketones is 1.